The SMILES string of the molecule is C=Cc1ccc(-c2ccc3c(c2)c2cc(-c4ccc(Nc5ccc6ccccc6c5)cc4)ccc2n3-c2ccccc2)cc1. The molecule has 44 heavy (non-hydrogen) atoms. The first-order valence-corrected chi connectivity index (χ1v) is 15.0. The van der Waals surface area contributed by atoms with Crippen molar-refractivity contribution < 1.29 is 0 Å². The fraction of sp³-hybridized carbons (Fsp3) is 0. The van der Waals surface area contributed by atoms with Gasteiger partial charge in [-0.3, -0.25) is 0 Å². The molecule has 0 saturated carbocycles. The number of aromatic nitrogens is 1. The topological polar surface area (TPSA) is 17.0 Å². The van der Waals surface area contributed by atoms with Crippen LogP contribution < -0.4 is 5.32 Å². The van der Waals surface area contributed by atoms with Crippen molar-refractivity contribution in [3.63, 3.8) is 0 Å². The summed E-state index contributed by atoms with van der Waals surface area (Å²) in [6, 6.07) is 56.5. The first-order chi connectivity index (χ1) is 21.7. The number of nitrogens with zero attached hydrogens (tertiary/aromatic N) is 1. The lowest BCUT2D eigenvalue weighted by Crippen LogP contribution is -1.93. The lowest BCUT2D eigenvalue weighted by Gasteiger charge is -2.10. The molecule has 1 N–H and O–H groups in total. The molecule has 1 aromatic heterocycles. The van der Waals surface area contributed by atoms with E-state index in [2.05, 4.69) is 174 Å². The number of nitrogens with one attached hydrogen (secondary N) is 1. The van der Waals surface area contributed by atoms with Crippen LogP contribution in [0.3, 0.4) is 0 Å². The lowest BCUT2D eigenvalue weighted by atomic mass is 9.99. The second-order valence-electron chi connectivity index (χ2n) is 11.2. The van der Waals surface area contributed by atoms with Crippen LogP contribution in [0, 0.1) is 0 Å². The van der Waals surface area contributed by atoms with E-state index in [0.29, 0.717) is 0 Å². The van der Waals surface area contributed by atoms with Crippen LogP contribution in [-0.4, -0.2) is 4.57 Å². The molecule has 0 saturated heterocycles. The molecule has 0 amide bonds. The van der Waals surface area contributed by atoms with Gasteiger partial charge in [-0.1, -0.05) is 110 Å². The van der Waals surface area contributed by atoms with Gasteiger partial charge in [0.05, 0.1) is 11.0 Å². The molecule has 1 heterocycles. The third-order valence-corrected chi connectivity index (χ3v) is 8.52. The van der Waals surface area contributed by atoms with Crippen molar-refractivity contribution in [2.75, 3.05) is 5.32 Å². The minimum atomic E-state index is 1.07. The molecular formula is C42H30N2. The van der Waals surface area contributed by atoms with Crippen LogP contribution in [0.4, 0.5) is 11.4 Å². The minimum Gasteiger partial charge on any atom is -0.356 e. The second-order valence-corrected chi connectivity index (χ2v) is 11.2. The maximum absolute atomic E-state index is 3.90. The second kappa shape index (κ2) is 10.8. The number of benzene rings is 7. The fourth-order valence-electron chi connectivity index (χ4n) is 6.23. The van der Waals surface area contributed by atoms with E-state index in [1.165, 1.54) is 54.8 Å². The van der Waals surface area contributed by atoms with Crippen LogP contribution in [0.5, 0.6) is 0 Å². The predicted molar refractivity (Wildman–Crippen MR) is 189 cm³/mol. The quantitative estimate of drug-likeness (QED) is 0.213. The fourth-order valence-corrected chi connectivity index (χ4v) is 6.23. The number of anilines is 2. The summed E-state index contributed by atoms with van der Waals surface area (Å²) in [4.78, 5) is 0. The molecular weight excluding hydrogens is 532 g/mol. The standard InChI is InChI=1S/C42H30N2/c1-2-29-12-14-31(15-13-29)34-19-24-41-39(27-34)40-28-35(20-25-42(40)44(41)38-10-4-3-5-11-38)32-16-21-36(22-17-32)43-37-23-18-30-8-6-7-9-33(30)26-37/h2-28,43H,1H2. The van der Waals surface area contributed by atoms with Gasteiger partial charge in [0.2, 0.25) is 0 Å². The summed E-state index contributed by atoms with van der Waals surface area (Å²) in [6.45, 7) is 3.90. The van der Waals surface area contributed by atoms with Crippen molar-refractivity contribution in [2.45, 2.75) is 0 Å². The highest BCUT2D eigenvalue weighted by atomic mass is 15.0. The summed E-state index contributed by atoms with van der Waals surface area (Å²) in [5.74, 6) is 0. The number of rotatable bonds is 6. The molecule has 0 bridgehead atoms. The Morgan fingerprint density at radius 1 is 0.455 bits per heavy atom. The van der Waals surface area contributed by atoms with Crippen molar-refractivity contribution in [1.29, 1.82) is 0 Å². The zero-order valence-electron chi connectivity index (χ0n) is 24.2. The molecule has 8 aromatic rings. The summed E-state index contributed by atoms with van der Waals surface area (Å²) < 4.78 is 2.37. The zero-order chi connectivity index (χ0) is 29.5. The minimum absolute atomic E-state index is 1.07. The molecule has 7 aromatic carbocycles. The monoisotopic (exact) mass is 562 g/mol. The molecule has 0 spiro atoms. The molecule has 0 aliphatic rings. The first kappa shape index (κ1) is 25.8. The maximum Gasteiger partial charge on any atom is 0.0541 e. The average Bonchev–Trinajstić information content (AvgIpc) is 3.42. The summed E-state index contributed by atoms with van der Waals surface area (Å²) in [6.07, 6.45) is 1.88. The zero-order valence-corrected chi connectivity index (χ0v) is 24.2. The Bertz CT molecular complexity index is 2290. The highest BCUT2D eigenvalue weighted by molar-refractivity contribution is 6.11. The molecule has 0 fully saturated rings. The van der Waals surface area contributed by atoms with Crippen molar-refractivity contribution in [2.24, 2.45) is 0 Å². The van der Waals surface area contributed by atoms with Gasteiger partial charge in [0.25, 0.3) is 0 Å². The normalized spacial score (nSPS) is 11.3. The van der Waals surface area contributed by atoms with Gasteiger partial charge in [0.1, 0.15) is 0 Å². The van der Waals surface area contributed by atoms with Gasteiger partial charge in [-0.2, -0.15) is 0 Å². The number of hydrogen-bond donors (Lipinski definition) is 1. The van der Waals surface area contributed by atoms with E-state index in [0.717, 1.165) is 22.6 Å². The smallest absolute Gasteiger partial charge is 0.0541 e. The van der Waals surface area contributed by atoms with E-state index in [1.807, 2.05) is 6.08 Å². The Morgan fingerprint density at radius 3 is 1.64 bits per heavy atom. The highest BCUT2D eigenvalue weighted by Gasteiger charge is 2.14. The Morgan fingerprint density at radius 2 is 1.00 bits per heavy atom. The van der Waals surface area contributed by atoms with E-state index >= 15 is 0 Å². The number of para-hydroxylation sites is 1. The summed E-state index contributed by atoms with van der Waals surface area (Å²) >= 11 is 0. The molecule has 0 unspecified atom stereocenters. The van der Waals surface area contributed by atoms with E-state index in [9.17, 15) is 0 Å². The van der Waals surface area contributed by atoms with Crippen LogP contribution >= 0.6 is 0 Å². The van der Waals surface area contributed by atoms with Crippen LogP contribution in [0.1, 0.15) is 5.56 Å². The van der Waals surface area contributed by atoms with E-state index in [1.54, 1.807) is 0 Å². The van der Waals surface area contributed by atoms with Gasteiger partial charge in [0.15, 0.2) is 0 Å². The predicted octanol–water partition coefficient (Wildman–Crippen LogP) is 11.7. The van der Waals surface area contributed by atoms with Crippen molar-refractivity contribution in [3.05, 3.63) is 170 Å². The molecule has 8 rings (SSSR count). The first-order valence-electron chi connectivity index (χ1n) is 15.0. The van der Waals surface area contributed by atoms with Crippen molar-refractivity contribution in [1.82, 2.24) is 4.57 Å². The molecule has 0 aliphatic heterocycles. The van der Waals surface area contributed by atoms with Gasteiger partial charge in [-0.25, -0.2) is 0 Å². The molecule has 208 valence electrons. The van der Waals surface area contributed by atoms with Crippen LogP contribution in [0.15, 0.2) is 164 Å². The Labute approximate surface area is 257 Å². The van der Waals surface area contributed by atoms with E-state index < -0.39 is 0 Å². The molecule has 0 radical (unpaired) electrons. The van der Waals surface area contributed by atoms with Crippen molar-refractivity contribution >= 4 is 50.0 Å². The highest BCUT2D eigenvalue weighted by Crippen LogP contribution is 2.37. The number of hydrogen-bond acceptors (Lipinski definition) is 1. The average molecular weight is 563 g/mol. The van der Waals surface area contributed by atoms with Gasteiger partial charge in [0, 0.05) is 27.8 Å². The van der Waals surface area contributed by atoms with Crippen LogP contribution in [0.25, 0.3) is 66.6 Å². The molecule has 2 heteroatoms. The summed E-state index contributed by atoms with van der Waals surface area (Å²) in [5, 5.41) is 8.53. The summed E-state index contributed by atoms with van der Waals surface area (Å²) in [7, 11) is 0. The van der Waals surface area contributed by atoms with Gasteiger partial charge < -0.3 is 9.88 Å². The largest absolute Gasteiger partial charge is 0.356 e. The van der Waals surface area contributed by atoms with Crippen molar-refractivity contribution in [3.8, 4) is 27.9 Å². The molecule has 2 nitrogen and oxygen atoms in total. The van der Waals surface area contributed by atoms with Gasteiger partial charge in [-0.05, 0) is 99.3 Å². The lowest BCUT2D eigenvalue weighted by molar-refractivity contribution is 1.18. The maximum atomic E-state index is 3.90. The third-order valence-electron chi connectivity index (χ3n) is 8.52. The van der Waals surface area contributed by atoms with E-state index in [-0.39, 0.29) is 0 Å². The van der Waals surface area contributed by atoms with Gasteiger partial charge >= 0.3 is 0 Å². The van der Waals surface area contributed by atoms with Crippen LogP contribution in [0.2, 0.25) is 0 Å². The number of fused-ring (bicyclic) bond motifs is 4. The van der Waals surface area contributed by atoms with E-state index in [4.69, 9.17) is 0 Å². The third kappa shape index (κ3) is 4.63. The van der Waals surface area contributed by atoms with Gasteiger partial charge in [-0.15, -0.1) is 0 Å². The Balaban J connectivity index is 1.20. The van der Waals surface area contributed by atoms with Crippen LogP contribution in [-0.2, 0) is 0 Å². The molecule has 0 atom stereocenters. The Kier molecular flexibility index (Phi) is 6.31. The molecule has 0 aliphatic carbocycles. The summed E-state index contributed by atoms with van der Waals surface area (Å²) in [5.41, 5.74) is 11.6. The Hall–Kier alpha value is -5.86.